The van der Waals surface area contributed by atoms with Crippen LogP contribution in [0.5, 0.6) is 0 Å². The van der Waals surface area contributed by atoms with Gasteiger partial charge in [-0.05, 0) is 12.1 Å². The molecular formula is C15H12N4O3. The lowest BCUT2D eigenvalue weighted by Gasteiger charge is -1.94. The van der Waals surface area contributed by atoms with Crippen LogP contribution in [0.15, 0.2) is 36.7 Å². The molecule has 2 heterocycles. The van der Waals surface area contributed by atoms with Crippen LogP contribution in [-0.4, -0.2) is 28.2 Å². The number of ether oxygens (including phenoxy) is 1. The summed E-state index contributed by atoms with van der Waals surface area (Å²) in [5.74, 6) is 0.180. The summed E-state index contributed by atoms with van der Waals surface area (Å²) in [6, 6.07) is 6.24. The van der Waals surface area contributed by atoms with Crippen LogP contribution in [0.25, 0.3) is 9.69 Å². The minimum absolute atomic E-state index is 0.0225. The van der Waals surface area contributed by atoms with Gasteiger partial charge in [-0.2, -0.15) is 0 Å². The van der Waals surface area contributed by atoms with Gasteiger partial charge in [0.05, 0.1) is 13.7 Å². The van der Waals surface area contributed by atoms with Crippen LogP contribution in [0, 0.1) is 13.1 Å². The predicted octanol–water partition coefficient (Wildman–Crippen LogP) is 2.54. The Labute approximate surface area is 127 Å². The standard InChI is InChI=1S/C8H6N2O2.C7H6N2O/c1-9-7-4-3-6(5-10-7)8(11)12-2;1-8-7-3-2-6(5-10)4-9-7/h3-5H,2H3;2-4,10H,5H2. The van der Waals surface area contributed by atoms with E-state index in [0.29, 0.717) is 11.4 Å². The summed E-state index contributed by atoms with van der Waals surface area (Å²) >= 11 is 0. The van der Waals surface area contributed by atoms with E-state index < -0.39 is 5.97 Å². The molecule has 0 aliphatic rings. The Morgan fingerprint density at radius 1 is 1.14 bits per heavy atom. The third kappa shape index (κ3) is 5.00. The number of hydrogen-bond donors (Lipinski definition) is 1. The molecule has 0 aromatic carbocycles. The number of carbonyl (C=O) groups is 1. The number of carbonyl (C=O) groups excluding carboxylic acids is 1. The first-order valence-corrected chi connectivity index (χ1v) is 5.99. The predicted molar refractivity (Wildman–Crippen MR) is 78.3 cm³/mol. The fraction of sp³-hybridized carbons (Fsp3) is 0.133. The van der Waals surface area contributed by atoms with Crippen molar-refractivity contribution in [3.8, 4) is 0 Å². The smallest absolute Gasteiger partial charge is 0.341 e. The van der Waals surface area contributed by atoms with Crippen LogP contribution in [0.3, 0.4) is 0 Å². The Kier molecular flexibility index (Phi) is 6.70. The Bertz CT molecular complexity index is 698. The lowest BCUT2D eigenvalue weighted by molar-refractivity contribution is 0.0600. The number of hydrogen-bond acceptors (Lipinski definition) is 5. The highest BCUT2D eigenvalue weighted by atomic mass is 16.5. The first-order chi connectivity index (χ1) is 10.6. The number of esters is 1. The van der Waals surface area contributed by atoms with Crippen molar-refractivity contribution in [3.63, 3.8) is 0 Å². The molecule has 0 atom stereocenters. The third-order valence-electron chi connectivity index (χ3n) is 2.39. The lowest BCUT2D eigenvalue weighted by atomic mass is 10.3. The summed E-state index contributed by atoms with van der Waals surface area (Å²) in [6.07, 6.45) is 2.81. The molecule has 22 heavy (non-hydrogen) atoms. The molecule has 0 fully saturated rings. The molecular weight excluding hydrogens is 284 g/mol. The number of rotatable bonds is 2. The number of aliphatic hydroxyl groups excluding tert-OH is 1. The van der Waals surface area contributed by atoms with Crippen LogP contribution in [-0.2, 0) is 11.3 Å². The van der Waals surface area contributed by atoms with Crippen LogP contribution >= 0.6 is 0 Å². The van der Waals surface area contributed by atoms with Crippen LogP contribution in [0.1, 0.15) is 15.9 Å². The Morgan fingerprint density at radius 3 is 2.09 bits per heavy atom. The van der Waals surface area contributed by atoms with E-state index in [-0.39, 0.29) is 12.4 Å². The zero-order chi connectivity index (χ0) is 16.4. The molecule has 7 nitrogen and oxygen atoms in total. The molecule has 110 valence electrons. The number of aromatic nitrogens is 2. The van der Waals surface area contributed by atoms with E-state index >= 15 is 0 Å². The van der Waals surface area contributed by atoms with Crippen molar-refractivity contribution in [2.75, 3.05) is 7.11 Å². The molecule has 0 amide bonds. The Balaban J connectivity index is 0.000000224. The quantitative estimate of drug-likeness (QED) is 0.680. The van der Waals surface area contributed by atoms with Gasteiger partial charge < -0.3 is 19.5 Å². The maximum atomic E-state index is 10.9. The average molecular weight is 296 g/mol. The van der Waals surface area contributed by atoms with Crippen molar-refractivity contribution in [1.29, 1.82) is 0 Å². The molecule has 7 heteroatoms. The van der Waals surface area contributed by atoms with Gasteiger partial charge in [-0.25, -0.2) is 4.79 Å². The summed E-state index contributed by atoms with van der Waals surface area (Å²) in [4.78, 5) is 24.5. The lowest BCUT2D eigenvalue weighted by Crippen LogP contribution is -2.00. The average Bonchev–Trinajstić information content (AvgIpc) is 2.61. The van der Waals surface area contributed by atoms with Crippen LogP contribution < -0.4 is 0 Å². The number of aliphatic hydroxyl groups is 1. The molecule has 0 aliphatic heterocycles. The number of pyridine rings is 2. The van der Waals surface area contributed by atoms with E-state index in [0.717, 1.165) is 5.56 Å². The van der Waals surface area contributed by atoms with E-state index in [1.54, 1.807) is 12.1 Å². The monoisotopic (exact) mass is 296 g/mol. The van der Waals surface area contributed by atoms with Crippen molar-refractivity contribution in [2.24, 2.45) is 0 Å². The van der Waals surface area contributed by atoms with Crippen molar-refractivity contribution in [1.82, 2.24) is 9.97 Å². The highest BCUT2D eigenvalue weighted by Gasteiger charge is 2.06. The molecule has 2 rings (SSSR count). The molecule has 0 saturated heterocycles. The largest absolute Gasteiger partial charge is 0.465 e. The molecule has 1 N–H and O–H groups in total. The second-order valence-corrected chi connectivity index (χ2v) is 3.80. The van der Waals surface area contributed by atoms with Gasteiger partial charge in [0.1, 0.15) is 18.0 Å². The second-order valence-electron chi connectivity index (χ2n) is 3.80. The van der Waals surface area contributed by atoms with Crippen LogP contribution in [0.4, 0.5) is 11.6 Å². The Morgan fingerprint density at radius 2 is 1.73 bits per heavy atom. The van der Waals surface area contributed by atoms with E-state index in [1.807, 2.05) is 0 Å². The van der Waals surface area contributed by atoms with Gasteiger partial charge >= 0.3 is 5.97 Å². The maximum Gasteiger partial charge on any atom is 0.341 e. The summed E-state index contributed by atoms with van der Waals surface area (Å²) in [7, 11) is 1.30. The summed E-state index contributed by atoms with van der Waals surface area (Å²) in [5.41, 5.74) is 1.08. The number of nitrogens with zero attached hydrogens (tertiary/aromatic N) is 4. The zero-order valence-electron chi connectivity index (χ0n) is 11.7. The first kappa shape index (κ1) is 16.8. The molecule has 2 aromatic heterocycles. The third-order valence-corrected chi connectivity index (χ3v) is 2.39. The van der Waals surface area contributed by atoms with Gasteiger partial charge in [-0.15, -0.1) is 9.97 Å². The van der Waals surface area contributed by atoms with Gasteiger partial charge in [0, 0.05) is 5.56 Å². The van der Waals surface area contributed by atoms with Gasteiger partial charge in [-0.1, -0.05) is 25.3 Å². The molecule has 0 spiro atoms. The highest BCUT2D eigenvalue weighted by molar-refractivity contribution is 5.89. The number of methoxy groups -OCH3 is 1. The molecule has 2 aromatic rings. The van der Waals surface area contributed by atoms with Gasteiger partial charge in [0.15, 0.2) is 0 Å². The second kappa shape index (κ2) is 8.80. The Hall–Kier alpha value is -3.29. The minimum atomic E-state index is -0.445. The minimum Gasteiger partial charge on any atom is -0.465 e. The van der Waals surface area contributed by atoms with E-state index in [4.69, 9.17) is 18.3 Å². The van der Waals surface area contributed by atoms with Crippen molar-refractivity contribution < 1.29 is 14.6 Å². The van der Waals surface area contributed by atoms with Crippen molar-refractivity contribution in [2.45, 2.75) is 6.61 Å². The molecule has 0 unspecified atom stereocenters. The fourth-order valence-electron chi connectivity index (χ4n) is 1.27. The van der Waals surface area contributed by atoms with E-state index in [9.17, 15) is 4.79 Å². The van der Waals surface area contributed by atoms with Gasteiger partial charge in [0.25, 0.3) is 11.6 Å². The van der Waals surface area contributed by atoms with Gasteiger partial charge in [-0.3, -0.25) is 0 Å². The fourth-order valence-corrected chi connectivity index (χ4v) is 1.27. The maximum absolute atomic E-state index is 10.9. The molecule has 0 saturated carbocycles. The van der Waals surface area contributed by atoms with E-state index in [2.05, 4.69) is 24.4 Å². The van der Waals surface area contributed by atoms with Crippen molar-refractivity contribution >= 4 is 17.6 Å². The summed E-state index contributed by atoms with van der Waals surface area (Å²) in [6.45, 7) is 13.2. The topological polar surface area (TPSA) is 81.0 Å². The van der Waals surface area contributed by atoms with Crippen molar-refractivity contribution in [3.05, 3.63) is 70.6 Å². The van der Waals surface area contributed by atoms with Crippen LogP contribution in [0.2, 0.25) is 0 Å². The highest BCUT2D eigenvalue weighted by Crippen LogP contribution is 2.08. The molecule has 0 radical (unpaired) electrons. The van der Waals surface area contributed by atoms with Gasteiger partial charge in [0.2, 0.25) is 0 Å². The summed E-state index contributed by atoms with van der Waals surface area (Å²) < 4.78 is 4.45. The zero-order valence-corrected chi connectivity index (χ0v) is 11.7. The summed E-state index contributed by atoms with van der Waals surface area (Å²) in [5, 5.41) is 8.58. The molecule has 0 bridgehead atoms. The SMILES string of the molecule is [C-]#[N+]c1ccc(C(=O)OC)cn1.[C-]#[N+]c1ccc(CO)cn1. The molecule has 0 aliphatic carbocycles. The van der Waals surface area contributed by atoms with E-state index in [1.165, 1.54) is 31.6 Å². The normalized spacial score (nSPS) is 8.73. The first-order valence-electron chi connectivity index (χ1n) is 5.99.